The number of carbonyl (C=O) groups is 1. The summed E-state index contributed by atoms with van der Waals surface area (Å²) in [4.78, 5) is 12.2. The summed E-state index contributed by atoms with van der Waals surface area (Å²) in [6.07, 6.45) is 3.45. The molecule has 0 bridgehead atoms. The average molecular weight is 305 g/mol. The van der Waals surface area contributed by atoms with Crippen LogP contribution in [0.3, 0.4) is 0 Å². The van der Waals surface area contributed by atoms with Crippen molar-refractivity contribution < 1.29 is 9.53 Å². The minimum atomic E-state index is 0. The maximum atomic E-state index is 12.2. The average Bonchev–Trinajstić information content (AvgIpc) is 3.02. The van der Waals surface area contributed by atoms with Gasteiger partial charge in [-0.1, -0.05) is 20.8 Å². The molecule has 118 valence electrons. The summed E-state index contributed by atoms with van der Waals surface area (Å²) in [5.41, 5.74) is 0.373. The molecule has 1 saturated carbocycles. The molecular formula is C15H29ClN2O2. The summed E-state index contributed by atoms with van der Waals surface area (Å²) in [7, 11) is 1.72. The predicted molar refractivity (Wildman–Crippen MR) is 83.2 cm³/mol. The van der Waals surface area contributed by atoms with Crippen molar-refractivity contribution >= 4 is 18.3 Å². The van der Waals surface area contributed by atoms with Gasteiger partial charge < -0.3 is 15.4 Å². The van der Waals surface area contributed by atoms with Crippen LogP contribution in [0.4, 0.5) is 0 Å². The number of methoxy groups -OCH3 is 1. The maximum absolute atomic E-state index is 12.2. The fourth-order valence-electron chi connectivity index (χ4n) is 3.26. The van der Waals surface area contributed by atoms with E-state index in [1.807, 2.05) is 0 Å². The minimum absolute atomic E-state index is 0. The van der Waals surface area contributed by atoms with Gasteiger partial charge in [-0.2, -0.15) is 0 Å². The van der Waals surface area contributed by atoms with Crippen LogP contribution in [0.2, 0.25) is 0 Å². The molecule has 5 heteroatoms. The quantitative estimate of drug-likeness (QED) is 0.835. The van der Waals surface area contributed by atoms with Crippen LogP contribution in [0, 0.1) is 16.7 Å². The Hall–Kier alpha value is -0.320. The van der Waals surface area contributed by atoms with Crippen molar-refractivity contribution in [1.29, 1.82) is 0 Å². The van der Waals surface area contributed by atoms with Crippen LogP contribution in [0.1, 0.15) is 40.0 Å². The molecule has 4 nitrogen and oxygen atoms in total. The summed E-state index contributed by atoms with van der Waals surface area (Å²) in [6, 6.07) is 0. The molecule has 0 aromatic rings. The molecule has 2 fully saturated rings. The number of piperidine rings is 1. The van der Waals surface area contributed by atoms with Gasteiger partial charge in [-0.25, -0.2) is 0 Å². The van der Waals surface area contributed by atoms with Crippen molar-refractivity contribution in [3.05, 3.63) is 0 Å². The van der Waals surface area contributed by atoms with Gasteiger partial charge in [0.1, 0.15) is 0 Å². The van der Waals surface area contributed by atoms with Crippen LogP contribution in [-0.2, 0) is 9.53 Å². The molecule has 2 unspecified atom stereocenters. The van der Waals surface area contributed by atoms with E-state index < -0.39 is 0 Å². The molecule has 2 N–H and O–H groups in total. The van der Waals surface area contributed by atoms with Gasteiger partial charge in [0.2, 0.25) is 5.91 Å². The molecule has 1 spiro atoms. The van der Waals surface area contributed by atoms with Gasteiger partial charge in [-0.3, -0.25) is 4.79 Å². The second-order valence-corrected chi connectivity index (χ2v) is 7.20. The normalized spacial score (nSPS) is 25.7. The lowest BCUT2D eigenvalue weighted by molar-refractivity contribution is -0.124. The molecule has 2 rings (SSSR count). The highest BCUT2D eigenvalue weighted by Gasteiger charge is 2.57. The zero-order chi connectivity index (χ0) is 14.1. The number of rotatable bonds is 4. The Balaban J connectivity index is 0.00000200. The van der Waals surface area contributed by atoms with Crippen LogP contribution in [-0.4, -0.2) is 38.8 Å². The number of nitrogens with one attached hydrogen (secondary N) is 2. The lowest BCUT2D eigenvalue weighted by Gasteiger charge is -2.29. The Morgan fingerprint density at radius 1 is 1.40 bits per heavy atom. The van der Waals surface area contributed by atoms with E-state index in [4.69, 9.17) is 4.74 Å². The second-order valence-electron chi connectivity index (χ2n) is 7.20. The van der Waals surface area contributed by atoms with Crippen LogP contribution >= 0.6 is 12.4 Å². The van der Waals surface area contributed by atoms with E-state index in [1.165, 1.54) is 0 Å². The van der Waals surface area contributed by atoms with Crippen molar-refractivity contribution in [3.63, 3.8) is 0 Å². The van der Waals surface area contributed by atoms with Crippen LogP contribution in [0.5, 0.6) is 0 Å². The summed E-state index contributed by atoms with van der Waals surface area (Å²) in [5.74, 6) is 0.472. The van der Waals surface area contributed by atoms with E-state index in [1.54, 1.807) is 7.11 Å². The fraction of sp³-hybridized carbons (Fsp3) is 0.933. The highest BCUT2D eigenvalue weighted by Crippen LogP contribution is 2.58. The molecule has 1 saturated heterocycles. The molecule has 1 aliphatic carbocycles. The third-order valence-corrected chi connectivity index (χ3v) is 4.82. The Morgan fingerprint density at radius 2 is 2.00 bits per heavy atom. The number of amides is 1. The molecule has 1 heterocycles. The van der Waals surface area contributed by atoms with E-state index in [0.717, 1.165) is 32.4 Å². The van der Waals surface area contributed by atoms with E-state index >= 15 is 0 Å². The molecule has 1 amide bonds. The van der Waals surface area contributed by atoms with Gasteiger partial charge in [-0.15, -0.1) is 12.4 Å². The second kappa shape index (κ2) is 6.63. The van der Waals surface area contributed by atoms with E-state index in [9.17, 15) is 4.79 Å². The van der Waals surface area contributed by atoms with Crippen LogP contribution in [0.15, 0.2) is 0 Å². The summed E-state index contributed by atoms with van der Waals surface area (Å²) >= 11 is 0. The molecule has 0 aromatic heterocycles. The number of ether oxygens (including phenoxy) is 1. The van der Waals surface area contributed by atoms with E-state index in [2.05, 4.69) is 31.4 Å². The van der Waals surface area contributed by atoms with Gasteiger partial charge in [0.25, 0.3) is 0 Å². The van der Waals surface area contributed by atoms with E-state index in [0.29, 0.717) is 12.0 Å². The number of hydrogen-bond acceptors (Lipinski definition) is 3. The summed E-state index contributed by atoms with van der Waals surface area (Å²) in [5, 5.41) is 6.46. The molecule has 2 atom stereocenters. The summed E-state index contributed by atoms with van der Waals surface area (Å²) in [6.45, 7) is 9.15. The monoisotopic (exact) mass is 304 g/mol. The maximum Gasteiger partial charge on any atom is 0.223 e. The van der Waals surface area contributed by atoms with Crippen LogP contribution in [0.25, 0.3) is 0 Å². The Kier molecular flexibility index (Phi) is 5.88. The number of halogens is 1. The third kappa shape index (κ3) is 3.86. The molecular weight excluding hydrogens is 276 g/mol. The van der Waals surface area contributed by atoms with Gasteiger partial charge in [0.05, 0.1) is 6.10 Å². The number of hydrogen-bond donors (Lipinski definition) is 2. The zero-order valence-corrected chi connectivity index (χ0v) is 13.9. The van der Waals surface area contributed by atoms with Crippen LogP contribution < -0.4 is 10.6 Å². The fourth-order valence-corrected chi connectivity index (χ4v) is 3.26. The first-order valence-electron chi connectivity index (χ1n) is 7.40. The predicted octanol–water partition coefficient (Wildman–Crippen LogP) is 1.98. The Morgan fingerprint density at radius 3 is 2.50 bits per heavy atom. The number of carbonyl (C=O) groups excluding carboxylic acids is 1. The Labute approximate surface area is 128 Å². The standard InChI is InChI=1S/C15H28N2O2.ClH/c1-14(2,3)12(19-4)10-17-13(18)11-9-15(11)5-7-16-8-6-15;/h11-12,16H,5-10H2,1-4H3,(H,17,18);1H. The molecule has 0 radical (unpaired) electrons. The SMILES string of the molecule is COC(CNC(=O)C1CC12CCNCC2)C(C)(C)C.Cl. The first-order valence-corrected chi connectivity index (χ1v) is 7.40. The molecule has 0 aromatic carbocycles. The lowest BCUT2D eigenvalue weighted by Crippen LogP contribution is -2.42. The molecule has 20 heavy (non-hydrogen) atoms. The van der Waals surface area contributed by atoms with Crippen molar-refractivity contribution in [3.8, 4) is 0 Å². The first kappa shape index (κ1) is 17.7. The zero-order valence-electron chi connectivity index (χ0n) is 13.1. The largest absolute Gasteiger partial charge is 0.379 e. The molecule has 2 aliphatic rings. The minimum Gasteiger partial charge on any atom is -0.379 e. The van der Waals surface area contributed by atoms with Crippen molar-refractivity contribution in [2.24, 2.45) is 16.7 Å². The van der Waals surface area contributed by atoms with Gasteiger partial charge in [0, 0.05) is 19.6 Å². The van der Waals surface area contributed by atoms with Gasteiger partial charge in [-0.05, 0) is 43.2 Å². The first-order chi connectivity index (χ1) is 8.89. The third-order valence-electron chi connectivity index (χ3n) is 4.82. The Bertz CT molecular complexity index is 335. The van der Waals surface area contributed by atoms with Crippen molar-refractivity contribution in [2.75, 3.05) is 26.7 Å². The topological polar surface area (TPSA) is 50.4 Å². The highest BCUT2D eigenvalue weighted by molar-refractivity contribution is 5.85. The van der Waals surface area contributed by atoms with Gasteiger partial charge >= 0.3 is 0 Å². The van der Waals surface area contributed by atoms with Crippen molar-refractivity contribution in [1.82, 2.24) is 10.6 Å². The van der Waals surface area contributed by atoms with Crippen molar-refractivity contribution in [2.45, 2.75) is 46.1 Å². The summed E-state index contributed by atoms with van der Waals surface area (Å²) < 4.78 is 5.48. The van der Waals surface area contributed by atoms with Gasteiger partial charge in [0.15, 0.2) is 0 Å². The van der Waals surface area contributed by atoms with E-state index in [-0.39, 0.29) is 35.8 Å². The lowest BCUT2D eigenvalue weighted by atomic mass is 9.88. The smallest absolute Gasteiger partial charge is 0.223 e. The molecule has 1 aliphatic heterocycles. The highest BCUT2D eigenvalue weighted by atomic mass is 35.5.